The third kappa shape index (κ3) is 6.59. The van der Waals surface area contributed by atoms with E-state index in [1.807, 2.05) is 20.8 Å². The first-order valence-corrected chi connectivity index (χ1v) is 15.7. The summed E-state index contributed by atoms with van der Waals surface area (Å²) in [6.07, 6.45) is -0.250. The van der Waals surface area contributed by atoms with E-state index in [2.05, 4.69) is 81.9 Å². The number of anilines is 1. The molecule has 0 aromatic heterocycles. The summed E-state index contributed by atoms with van der Waals surface area (Å²) in [5.74, 6) is 3.41. The largest absolute Gasteiger partial charge is 0.494 e. The molecule has 2 aliphatic rings. The molecule has 34 heavy (non-hydrogen) atoms. The number of nitrogens with zero attached hydrogens (tertiary/aromatic N) is 2. The molecule has 0 spiro atoms. The summed E-state index contributed by atoms with van der Waals surface area (Å²) in [6.45, 7) is 23.4. The minimum absolute atomic E-state index is 0.250. The Bertz CT molecular complexity index is 961. The highest BCUT2D eigenvalue weighted by atomic mass is 28.3. The standard InChI is InChI=1S/C26H41BN2O4Si/c1-24(2,3)31-23(30)29-14-12-28(13-15-29)22-18-20(11-16-34(8,9)10)17-21(19-22)27-32-25(4,5)26(6,7)33-27/h17-19H,12-15H2,1-10H3. The van der Waals surface area contributed by atoms with Crippen molar-refractivity contribution < 1.29 is 18.8 Å². The average Bonchev–Trinajstić information content (AvgIpc) is 2.92. The number of hydrogen-bond acceptors (Lipinski definition) is 5. The lowest BCUT2D eigenvalue weighted by atomic mass is 9.78. The van der Waals surface area contributed by atoms with E-state index in [1.165, 1.54) is 0 Å². The molecule has 8 heteroatoms. The Morgan fingerprint density at radius 2 is 1.56 bits per heavy atom. The highest BCUT2D eigenvalue weighted by Gasteiger charge is 2.51. The molecule has 2 saturated heterocycles. The zero-order chi connectivity index (χ0) is 25.5. The van der Waals surface area contributed by atoms with Crippen LogP contribution in [0.4, 0.5) is 10.5 Å². The lowest BCUT2D eigenvalue weighted by Crippen LogP contribution is -2.50. The van der Waals surface area contributed by atoms with Crippen LogP contribution < -0.4 is 10.4 Å². The predicted molar refractivity (Wildman–Crippen MR) is 142 cm³/mol. The van der Waals surface area contributed by atoms with Crippen LogP contribution in [0, 0.1) is 11.5 Å². The molecule has 1 amide bonds. The predicted octanol–water partition coefficient (Wildman–Crippen LogP) is 4.27. The van der Waals surface area contributed by atoms with Crippen molar-refractivity contribution in [2.24, 2.45) is 0 Å². The van der Waals surface area contributed by atoms with Crippen LogP contribution in [-0.2, 0) is 14.0 Å². The maximum atomic E-state index is 12.5. The summed E-state index contributed by atoms with van der Waals surface area (Å²) >= 11 is 0. The minimum Gasteiger partial charge on any atom is -0.444 e. The van der Waals surface area contributed by atoms with Crippen LogP contribution in [0.25, 0.3) is 0 Å². The van der Waals surface area contributed by atoms with Crippen molar-refractivity contribution in [2.45, 2.75) is 84.9 Å². The number of ether oxygens (including phenoxy) is 1. The van der Waals surface area contributed by atoms with E-state index in [1.54, 1.807) is 4.90 Å². The van der Waals surface area contributed by atoms with E-state index < -0.39 is 32.0 Å². The van der Waals surface area contributed by atoms with Gasteiger partial charge in [0.15, 0.2) is 0 Å². The van der Waals surface area contributed by atoms with Crippen LogP contribution in [0.5, 0.6) is 0 Å². The normalized spacial score (nSPS) is 20.1. The summed E-state index contributed by atoms with van der Waals surface area (Å²) in [5.41, 5.74) is 5.21. The first-order valence-electron chi connectivity index (χ1n) is 12.2. The molecular formula is C26H41BN2O4Si. The van der Waals surface area contributed by atoms with Gasteiger partial charge < -0.3 is 23.8 Å². The van der Waals surface area contributed by atoms with Crippen LogP contribution in [0.2, 0.25) is 19.6 Å². The number of carbonyl (C=O) groups excluding carboxylic acids is 1. The molecule has 0 N–H and O–H groups in total. The number of amides is 1. The smallest absolute Gasteiger partial charge is 0.444 e. The highest BCUT2D eigenvalue weighted by molar-refractivity contribution is 6.83. The Labute approximate surface area is 207 Å². The monoisotopic (exact) mass is 484 g/mol. The van der Waals surface area contributed by atoms with Gasteiger partial charge in [0.1, 0.15) is 13.7 Å². The molecule has 2 fully saturated rings. The number of rotatable bonds is 2. The van der Waals surface area contributed by atoms with Crippen LogP contribution in [0.3, 0.4) is 0 Å². The topological polar surface area (TPSA) is 51.2 Å². The minimum atomic E-state index is -1.53. The van der Waals surface area contributed by atoms with Crippen LogP contribution in [0.15, 0.2) is 18.2 Å². The van der Waals surface area contributed by atoms with Gasteiger partial charge >= 0.3 is 13.2 Å². The van der Waals surface area contributed by atoms with Crippen LogP contribution in [-0.4, -0.2) is 69.2 Å². The molecule has 1 aromatic carbocycles. The van der Waals surface area contributed by atoms with E-state index in [0.717, 1.165) is 29.8 Å². The molecule has 0 unspecified atom stereocenters. The highest BCUT2D eigenvalue weighted by Crippen LogP contribution is 2.36. The lowest BCUT2D eigenvalue weighted by Gasteiger charge is -2.37. The Morgan fingerprint density at radius 1 is 1.00 bits per heavy atom. The van der Waals surface area contributed by atoms with Gasteiger partial charge in [0.25, 0.3) is 0 Å². The fourth-order valence-electron chi connectivity index (χ4n) is 3.74. The lowest BCUT2D eigenvalue weighted by molar-refractivity contribution is 0.00578. The van der Waals surface area contributed by atoms with Gasteiger partial charge in [0.2, 0.25) is 0 Å². The van der Waals surface area contributed by atoms with Crippen molar-refractivity contribution in [2.75, 3.05) is 31.1 Å². The molecule has 0 aliphatic carbocycles. The van der Waals surface area contributed by atoms with E-state index in [9.17, 15) is 4.79 Å². The Hall–Kier alpha value is -1.95. The first kappa shape index (κ1) is 26.7. The number of hydrogen-bond donors (Lipinski definition) is 0. The molecule has 3 rings (SSSR count). The van der Waals surface area contributed by atoms with E-state index in [-0.39, 0.29) is 6.09 Å². The second kappa shape index (κ2) is 9.25. The van der Waals surface area contributed by atoms with Gasteiger partial charge in [-0.3, -0.25) is 0 Å². The maximum absolute atomic E-state index is 12.5. The van der Waals surface area contributed by atoms with Gasteiger partial charge in [0.05, 0.1) is 11.2 Å². The van der Waals surface area contributed by atoms with Gasteiger partial charge in [0, 0.05) is 37.4 Å². The third-order valence-corrected chi connectivity index (χ3v) is 7.22. The van der Waals surface area contributed by atoms with E-state index in [4.69, 9.17) is 14.0 Å². The van der Waals surface area contributed by atoms with E-state index in [0.29, 0.717) is 13.1 Å². The van der Waals surface area contributed by atoms with Crippen molar-refractivity contribution >= 4 is 32.4 Å². The van der Waals surface area contributed by atoms with Crippen molar-refractivity contribution in [3.05, 3.63) is 23.8 Å². The molecule has 6 nitrogen and oxygen atoms in total. The van der Waals surface area contributed by atoms with Crippen molar-refractivity contribution in [3.63, 3.8) is 0 Å². The van der Waals surface area contributed by atoms with Crippen LogP contribution >= 0.6 is 0 Å². The Morgan fingerprint density at radius 3 is 2.06 bits per heavy atom. The zero-order valence-electron chi connectivity index (χ0n) is 22.7. The molecule has 186 valence electrons. The SMILES string of the molecule is CC(C)(C)OC(=O)N1CCN(c2cc(C#C[Si](C)(C)C)cc(B3OC(C)(C)C(C)(C)O3)c2)CC1. The van der Waals surface area contributed by atoms with Crippen molar-refractivity contribution in [1.82, 2.24) is 4.90 Å². The summed E-state index contributed by atoms with van der Waals surface area (Å²) < 4.78 is 18.2. The fraction of sp³-hybridized carbons (Fsp3) is 0.654. The van der Waals surface area contributed by atoms with Crippen LogP contribution in [0.1, 0.15) is 54.0 Å². The van der Waals surface area contributed by atoms with Crippen molar-refractivity contribution in [3.8, 4) is 11.5 Å². The molecule has 0 saturated carbocycles. The Balaban J connectivity index is 1.85. The average molecular weight is 485 g/mol. The number of carbonyl (C=O) groups is 1. The fourth-order valence-corrected chi connectivity index (χ4v) is 4.26. The molecule has 0 radical (unpaired) electrons. The van der Waals surface area contributed by atoms with Gasteiger partial charge in [-0.2, -0.15) is 0 Å². The molecule has 1 aromatic rings. The molecule has 0 atom stereocenters. The molecular weight excluding hydrogens is 443 g/mol. The quantitative estimate of drug-likeness (QED) is 0.464. The maximum Gasteiger partial charge on any atom is 0.494 e. The van der Waals surface area contributed by atoms with Gasteiger partial charge in [-0.15, -0.1) is 5.54 Å². The molecule has 2 heterocycles. The van der Waals surface area contributed by atoms with Gasteiger partial charge in [-0.25, -0.2) is 4.79 Å². The summed E-state index contributed by atoms with van der Waals surface area (Å²) in [4.78, 5) is 16.6. The van der Waals surface area contributed by atoms with E-state index >= 15 is 0 Å². The molecule has 0 bridgehead atoms. The zero-order valence-corrected chi connectivity index (χ0v) is 23.7. The van der Waals surface area contributed by atoms with Gasteiger partial charge in [-0.1, -0.05) is 25.6 Å². The molecule has 2 aliphatic heterocycles. The summed E-state index contributed by atoms with van der Waals surface area (Å²) in [6, 6.07) is 6.38. The second-order valence-electron chi connectivity index (χ2n) is 12.4. The Kier molecular flexibility index (Phi) is 7.25. The number of benzene rings is 1. The number of piperazine rings is 1. The first-order chi connectivity index (χ1) is 15.5. The second-order valence-corrected chi connectivity index (χ2v) is 17.1. The van der Waals surface area contributed by atoms with Gasteiger partial charge in [-0.05, 0) is 72.1 Å². The summed E-state index contributed by atoms with van der Waals surface area (Å²) in [5, 5.41) is 0. The van der Waals surface area contributed by atoms with Crippen molar-refractivity contribution in [1.29, 1.82) is 0 Å². The third-order valence-electron chi connectivity index (χ3n) is 6.34. The summed E-state index contributed by atoms with van der Waals surface area (Å²) in [7, 11) is -1.97.